The van der Waals surface area contributed by atoms with Gasteiger partial charge in [0.1, 0.15) is 5.75 Å². The molecule has 0 heterocycles. The first kappa shape index (κ1) is 12.9. The molecule has 3 nitrogen and oxygen atoms in total. The zero-order chi connectivity index (χ0) is 13.2. The van der Waals surface area contributed by atoms with Crippen LogP contribution in [0.3, 0.4) is 0 Å². The summed E-state index contributed by atoms with van der Waals surface area (Å²) in [6.07, 6.45) is 2.94. The zero-order valence-electron chi connectivity index (χ0n) is 11.1. The molecule has 1 fully saturated rings. The van der Waals surface area contributed by atoms with E-state index >= 15 is 0 Å². The first-order chi connectivity index (χ1) is 8.63. The van der Waals surface area contributed by atoms with Crippen LogP contribution in [-0.4, -0.2) is 6.61 Å². The van der Waals surface area contributed by atoms with Crippen LogP contribution in [0.15, 0.2) is 18.2 Å². The predicted molar refractivity (Wildman–Crippen MR) is 71.2 cm³/mol. The fourth-order valence-electron chi connectivity index (χ4n) is 2.55. The Balaban J connectivity index is 2.24. The average Bonchev–Trinajstić information content (AvgIpc) is 2.31. The fraction of sp³-hybridized carbons (Fsp3) is 0.533. The first-order valence-corrected chi connectivity index (χ1v) is 6.53. The Bertz CT molecular complexity index is 472. The molecule has 1 saturated carbocycles. The van der Waals surface area contributed by atoms with Crippen molar-refractivity contribution in [3.63, 3.8) is 0 Å². The molecule has 2 rings (SSSR count). The number of aryl methyl sites for hydroxylation is 1. The Morgan fingerprint density at radius 3 is 2.67 bits per heavy atom. The number of nitrogens with zero attached hydrogens (tertiary/aromatic N) is 1. The SMILES string of the molecule is CCOc1ccc(C(N)C2(C#N)CCC2)cc1C. The minimum atomic E-state index is -0.348. The van der Waals surface area contributed by atoms with E-state index in [1.54, 1.807) is 0 Å². The lowest BCUT2D eigenvalue weighted by molar-refractivity contribution is 0.169. The van der Waals surface area contributed by atoms with Crippen LogP contribution in [0, 0.1) is 23.7 Å². The van der Waals surface area contributed by atoms with Crippen molar-refractivity contribution in [2.45, 2.75) is 39.2 Å². The van der Waals surface area contributed by atoms with Gasteiger partial charge >= 0.3 is 0 Å². The molecule has 96 valence electrons. The zero-order valence-corrected chi connectivity index (χ0v) is 11.1. The summed E-state index contributed by atoms with van der Waals surface area (Å²) in [5.74, 6) is 0.896. The molecule has 1 aliphatic carbocycles. The van der Waals surface area contributed by atoms with Crippen molar-refractivity contribution >= 4 is 0 Å². The van der Waals surface area contributed by atoms with Crippen molar-refractivity contribution in [3.05, 3.63) is 29.3 Å². The molecule has 0 aromatic heterocycles. The second kappa shape index (κ2) is 4.99. The van der Waals surface area contributed by atoms with E-state index in [4.69, 9.17) is 10.5 Å². The maximum atomic E-state index is 9.32. The van der Waals surface area contributed by atoms with Gasteiger partial charge in [0.2, 0.25) is 0 Å². The van der Waals surface area contributed by atoms with Gasteiger partial charge in [0.15, 0.2) is 0 Å². The topological polar surface area (TPSA) is 59.0 Å². The van der Waals surface area contributed by atoms with Crippen LogP contribution in [0.2, 0.25) is 0 Å². The van der Waals surface area contributed by atoms with Crippen molar-refractivity contribution < 1.29 is 4.74 Å². The van der Waals surface area contributed by atoms with Crippen molar-refractivity contribution in [1.29, 1.82) is 5.26 Å². The van der Waals surface area contributed by atoms with Gasteiger partial charge in [-0.15, -0.1) is 0 Å². The number of rotatable bonds is 4. The Labute approximate surface area is 109 Å². The summed E-state index contributed by atoms with van der Waals surface area (Å²) < 4.78 is 5.52. The van der Waals surface area contributed by atoms with Crippen molar-refractivity contribution in [2.24, 2.45) is 11.1 Å². The summed E-state index contributed by atoms with van der Waals surface area (Å²) in [7, 11) is 0. The lowest BCUT2D eigenvalue weighted by Crippen LogP contribution is -2.39. The van der Waals surface area contributed by atoms with Gasteiger partial charge in [0, 0.05) is 6.04 Å². The maximum absolute atomic E-state index is 9.32. The second-order valence-electron chi connectivity index (χ2n) is 5.06. The molecule has 3 heteroatoms. The predicted octanol–water partition coefficient (Wildman–Crippen LogP) is 3.09. The molecule has 0 radical (unpaired) electrons. The third-order valence-electron chi connectivity index (χ3n) is 3.92. The lowest BCUT2D eigenvalue weighted by Gasteiger charge is -2.40. The van der Waals surface area contributed by atoms with Crippen LogP contribution in [0.5, 0.6) is 5.75 Å². The van der Waals surface area contributed by atoms with E-state index in [0.29, 0.717) is 6.61 Å². The summed E-state index contributed by atoms with van der Waals surface area (Å²) in [5.41, 5.74) is 8.05. The van der Waals surface area contributed by atoms with E-state index in [9.17, 15) is 5.26 Å². The van der Waals surface area contributed by atoms with E-state index < -0.39 is 0 Å². The number of hydrogen-bond donors (Lipinski definition) is 1. The molecule has 0 aliphatic heterocycles. The molecule has 1 aliphatic rings. The third kappa shape index (κ3) is 2.09. The van der Waals surface area contributed by atoms with Gasteiger partial charge in [-0.05, 0) is 43.9 Å². The Kier molecular flexibility index (Phi) is 3.58. The highest BCUT2D eigenvalue weighted by Gasteiger charge is 2.43. The van der Waals surface area contributed by atoms with E-state index in [1.807, 2.05) is 32.0 Å². The fourth-order valence-corrected chi connectivity index (χ4v) is 2.55. The van der Waals surface area contributed by atoms with Gasteiger partial charge in [0.05, 0.1) is 18.1 Å². The molecule has 2 N–H and O–H groups in total. The van der Waals surface area contributed by atoms with Gasteiger partial charge < -0.3 is 10.5 Å². The second-order valence-corrected chi connectivity index (χ2v) is 5.06. The number of benzene rings is 1. The third-order valence-corrected chi connectivity index (χ3v) is 3.92. The highest BCUT2D eigenvalue weighted by molar-refractivity contribution is 5.39. The van der Waals surface area contributed by atoms with Crippen LogP contribution in [-0.2, 0) is 0 Å². The minimum absolute atomic E-state index is 0.189. The monoisotopic (exact) mass is 244 g/mol. The van der Waals surface area contributed by atoms with Gasteiger partial charge in [-0.25, -0.2) is 0 Å². The summed E-state index contributed by atoms with van der Waals surface area (Å²) in [6, 6.07) is 8.22. The molecule has 18 heavy (non-hydrogen) atoms. The molecular formula is C15H20N2O. The normalized spacial score (nSPS) is 18.6. The smallest absolute Gasteiger partial charge is 0.122 e. The molecule has 0 spiro atoms. The number of ether oxygens (including phenoxy) is 1. The number of hydrogen-bond acceptors (Lipinski definition) is 3. The molecule has 1 atom stereocenters. The van der Waals surface area contributed by atoms with Gasteiger partial charge in [-0.1, -0.05) is 18.6 Å². The molecule has 0 amide bonds. The van der Waals surface area contributed by atoms with Crippen molar-refractivity contribution in [2.75, 3.05) is 6.61 Å². The van der Waals surface area contributed by atoms with E-state index in [0.717, 1.165) is 36.1 Å². The van der Waals surface area contributed by atoms with Crippen LogP contribution in [0.25, 0.3) is 0 Å². The first-order valence-electron chi connectivity index (χ1n) is 6.53. The molecule has 0 saturated heterocycles. The highest BCUT2D eigenvalue weighted by atomic mass is 16.5. The molecule has 0 bridgehead atoms. The summed E-state index contributed by atoms with van der Waals surface area (Å²) >= 11 is 0. The summed E-state index contributed by atoms with van der Waals surface area (Å²) in [5, 5.41) is 9.32. The van der Waals surface area contributed by atoms with Gasteiger partial charge in [-0.2, -0.15) is 5.26 Å². The van der Waals surface area contributed by atoms with Crippen molar-refractivity contribution in [1.82, 2.24) is 0 Å². The van der Waals surface area contributed by atoms with Crippen LogP contribution in [0.1, 0.15) is 43.4 Å². The highest BCUT2D eigenvalue weighted by Crippen LogP contribution is 2.48. The average molecular weight is 244 g/mol. The van der Waals surface area contributed by atoms with Gasteiger partial charge in [0.25, 0.3) is 0 Å². The molecule has 1 unspecified atom stereocenters. The summed E-state index contributed by atoms with van der Waals surface area (Å²) in [6.45, 7) is 4.65. The Morgan fingerprint density at radius 1 is 1.50 bits per heavy atom. The molecule has 1 aromatic carbocycles. The number of nitriles is 1. The summed E-state index contributed by atoms with van der Waals surface area (Å²) in [4.78, 5) is 0. The van der Waals surface area contributed by atoms with Crippen LogP contribution in [0.4, 0.5) is 0 Å². The van der Waals surface area contributed by atoms with E-state index in [1.165, 1.54) is 0 Å². The minimum Gasteiger partial charge on any atom is -0.494 e. The molecular weight excluding hydrogens is 224 g/mol. The van der Waals surface area contributed by atoms with Crippen LogP contribution < -0.4 is 10.5 Å². The largest absolute Gasteiger partial charge is 0.494 e. The quantitative estimate of drug-likeness (QED) is 0.885. The lowest BCUT2D eigenvalue weighted by atomic mass is 9.63. The van der Waals surface area contributed by atoms with E-state index in [-0.39, 0.29) is 11.5 Å². The van der Waals surface area contributed by atoms with Gasteiger partial charge in [-0.3, -0.25) is 0 Å². The Morgan fingerprint density at radius 2 is 2.22 bits per heavy atom. The molecule has 1 aromatic rings. The van der Waals surface area contributed by atoms with Crippen molar-refractivity contribution in [3.8, 4) is 11.8 Å². The Hall–Kier alpha value is -1.53. The standard InChI is InChI=1S/C15H20N2O/c1-3-18-13-6-5-12(9-11(13)2)14(17)15(10-16)7-4-8-15/h5-6,9,14H,3-4,7-8,17H2,1-2H3. The number of nitrogens with two attached hydrogens (primary N) is 1. The maximum Gasteiger partial charge on any atom is 0.122 e. The van der Waals surface area contributed by atoms with E-state index in [2.05, 4.69) is 6.07 Å². The van der Waals surface area contributed by atoms with Crippen LogP contribution >= 0.6 is 0 Å².